The molecule has 94 valence electrons. The number of aromatic nitrogens is 3. The van der Waals surface area contributed by atoms with Crippen molar-refractivity contribution in [3.05, 3.63) is 48.6 Å². The van der Waals surface area contributed by atoms with Crippen LogP contribution in [0.4, 0.5) is 5.69 Å². The molecule has 2 aromatic rings. The van der Waals surface area contributed by atoms with Crippen molar-refractivity contribution in [1.29, 1.82) is 0 Å². The molecule has 0 unspecified atom stereocenters. The topological polar surface area (TPSA) is 66.0 Å². The Morgan fingerprint density at radius 2 is 2.33 bits per heavy atom. The molecule has 0 aliphatic heterocycles. The summed E-state index contributed by atoms with van der Waals surface area (Å²) >= 11 is 0. The van der Waals surface area contributed by atoms with Crippen LogP contribution in [-0.4, -0.2) is 14.8 Å². The van der Waals surface area contributed by atoms with Crippen LogP contribution in [-0.2, 0) is 20.1 Å². The Bertz CT molecular complexity index is 548. The first-order valence-corrected chi connectivity index (χ1v) is 5.65. The zero-order valence-electron chi connectivity index (χ0n) is 10.3. The van der Waals surface area contributed by atoms with E-state index in [1.54, 1.807) is 4.68 Å². The van der Waals surface area contributed by atoms with E-state index in [1.807, 2.05) is 31.3 Å². The van der Waals surface area contributed by atoms with E-state index >= 15 is 0 Å². The van der Waals surface area contributed by atoms with Crippen LogP contribution in [0.5, 0.6) is 5.75 Å². The van der Waals surface area contributed by atoms with Crippen molar-refractivity contribution in [2.45, 2.75) is 13.0 Å². The standard InChI is InChI=1S/C13H16N4O/c1-3-4-10-7-11(14)5-6-12(10)18-8-13-15-9-16-17(13)2/h3,5-7,9H,1,4,8,14H2,2H3. The predicted octanol–water partition coefficient (Wildman–Crippen LogP) is 1.70. The van der Waals surface area contributed by atoms with E-state index in [2.05, 4.69) is 16.7 Å². The molecule has 1 aromatic carbocycles. The first kappa shape index (κ1) is 12.2. The number of anilines is 1. The highest BCUT2D eigenvalue weighted by Gasteiger charge is 2.06. The number of hydrogen-bond donors (Lipinski definition) is 1. The summed E-state index contributed by atoms with van der Waals surface area (Å²) in [7, 11) is 1.83. The Labute approximate surface area is 106 Å². The number of aryl methyl sites for hydroxylation is 1. The van der Waals surface area contributed by atoms with Gasteiger partial charge < -0.3 is 10.5 Å². The van der Waals surface area contributed by atoms with E-state index in [1.165, 1.54) is 6.33 Å². The van der Waals surface area contributed by atoms with Crippen LogP contribution >= 0.6 is 0 Å². The summed E-state index contributed by atoms with van der Waals surface area (Å²) in [5.74, 6) is 1.57. The maximum atomic E-state index is 5.76. The third-order valence-corrected chi connectivity index (χ3v) is 2.61. The van der Waals surface area contributed by atoms with Crippen molar-refractivity contribution in [3.63, 3.8) is 0 Å². The maximum absolute atomic E-state index is 5.76. The minimum atomic E-state index is 0.380. The summed E-state index contributed by atoms with van der Waals surface area (Å²) < 4.78 is 7.43. The Kier molecular flexibility index (Phi) is 3.62. The van der Waals surface area contributed by atoms with Gasteiger partial charge in [-0.25, -0.2) is 4.98 Å². The van der Waals surface area contributed by atoms with E-state index in [4.69, 9.17) is 10.5 Å². The second kappa shape index (κ2) is 5.35. The molecule has 5 heteroatoms. The van der Waals surface area contributed by atoms with Gasteiger partial charge in [0.15, 0.2) is 5.82 Å². The van der Waals surface area contributed by atoms with E-state index < -0.39 is 0 Å². The highest BCUT2D eigenvalue weighted by molar-refractivity contribution is 5.48. The van der Waals surface area contributed by atoms with E-state index in [0.717, 1.165) is 29.2 Å². The van der Waals surface area contributed by atoms with Gasteiger partial charge in [0.2, 0.25) is 0 Å². The van der Waals surface area contributed by atoms with Crippen molar-refractivity contribution >= 4 is 5.69 Å². The molecule has 1 aromatic heterocycles. The molecule has 0 saturated heterocycles. The number of hydrogen-bond acceptors (Lipinski definition) is 4. The molecular formula is C13H16N4O. The maximum Gasteiger partial charge on any atom is 0.164 e. The second-order valence-electron chi connectivity index (χ2n) is 3.95. The third-order valence-electron chi connectivity index (χ3n) is 2.61. The van der Waals surface area contributed by atoms with Gasteiger partial charge in [-0.2, -0.15) is 5.10 Å². The summed E-state index contributed by atoms with van der Waals surface area (Å²) in [5, 5.41) is 3.99. The molecule has 0 spiro atoms. The lowest BCUT2D eigenvalue weighted by molar-refractivity contribution is 0.287. The van der Waals surface area contributed by atoms with Crippen molar-refractivity contribution in [2.24, 2.45) is 7.05 Å². The summed E-state index contributed by atoms with van der Waals surface area (Å²) in [6.07, 6.45) is 4.05. The third kappa shape index (κ3) is 2.68. The molecule has 0 saturated carbocycles. The zero-order valence-corrected chi connectivity index (χ0v) is 10.3. The van der Waals surface area contributed by atoms with Gasteiger partial charge in [0.25, 0.3) is 0 Å². The number of allylic oxidation sites excluding steroid dienone is 1. The highest BCUT2D eigenvalue weighted by atomic mass is 16.5. The van der Waals surface area contributed by atoms with Gasteiger partial charge >= 0.3 is 0 Å². The highest BCUT2D eigenvalue weighted by Crippen LogP contribution is 2.23. The zero-order chi connectivity index (χ0) is 13.0. The number of nitrogen functional groups attached to an aromatic ring is 1. The Morgan fingerprint density at radius 1 is 1.50 bits per heavy atom. The molecule has 18 heavy (non-hydrogen) atoms. The summed E-state index contributed by atoms with van der Waals surface area (Å²) in [6.45, 7) is 4.11. The number of benzene rings is 1. The van der Waals surface area contributed by atoms with Gasteiger partial charge in [-0.1, -0.05) is 6.08 Å². The van der Waals surface area contributed by atoms with Crippen molar-refractivity contribution in [2.75, 3.05) is 5.73 Å². The Morgan fingerprint density at radius 3 is 3.00 bits per heavy atom. The summed E-state index contributed by atoms with van der Waals surface area (Å²) in [5.41, 5.74) is 7.50. The van der Waals surface area contributed by atoms with E-state index in [0.29, 0.717) is 6.61 Å². The first-order chi connectivity index (χ1) is 8.70. The van der Waals surface area contributed by atoms with Crippen LogP contribution in [0.3, 0.4) is 0 Å². The average Bonchev–Trinajstić information content (AvgIpc) is 2.74. The monoisotopic (exact) mass is 244 g/mol. The number of nitrogens with zero attached hydrogens (tertiary/aromatic N) is 3. The van der Waals surface area contributed by atoms with Crippen LogP contribution in [0.2, 0.25) is 0 Å². The van der Waals surface area contributed by atoms with Crippen molar-refractivity contribution in [3.8, 4) is 5.75 Å². The minimum Gasteiger partial charge on any atom is -0.485 e. The van der Waals surface area contributed by atoms with Gasteiger partial charge in [0.05, 0.1) is 0 Å². The molecule has 0 fully saturated rings. The SMILES string of the molecule is C=CCc1cc(N)ccc1OCc1ncnn1C. The molecule has 0 radical (unpaired) electrons. The summed E-state index contributed by atoms with van der Waals surface area (Å²) in [6, 6.07) is 5.58. The number of nitrogens with two attached hydrogens (primary N) is 1. The fourth-order valence-electron chi connectivity index (χ4n) is 1.65. The van der Waals surface area contributed by atoms with E-state index in [-0.39, 0.29) is 0 Å². The largest absolute Gasteiger partial charge is 0.485 e. The summed E-state index contributed by atoms with van der Waals surface area (Å²) in [4.78, 5) is 4.11. The molecule has 5 nitrogen and oxygen atoms in total. The van der Waals surface area contributed by atoms with Crippen molar-refractivity contribution in [1.82, 2.24) is 14.8 Å². The fourth-order valence-corrected chi connectivity index (χ4v) is 1.65. The first-order valence-electron chi connectivity index (χ1n) is 5.65. The lowest BCUT2D eigenvalue weighted by atomic mass is 10.1. The number of rotatable bonds is 5. The molecule has 0 bridgehead atoms. The Balaban J connectivity index is 2.13. The smallest absolute Gasteiger partial charge is 0.164 e. The van der Waals surface area contributed by atoms with Gasteiger partial charge in [0, 0.05) is 12.7 Å². The molecular weight excluding hydrogens is 228 g/mol. The lowest BCUT2D eigenvalue weighted by Gasteiger charge is -2.10. The van der Waals surface area contributed by atoms with Crippen LogP contribution < -0.4 is 10.5 Å². The quantitative estimate of drug-likeness (QED) is 0.642. The van der Waals surface area contributed by atoms with Crippen LogP contribution in [0.1, 0.15) is 11.4 Å². The molecule has 0 atom stereocenters. The molecule has 0 aliphatic rings. The second-order valence-corrected chi connectivity index (χ2v) is 3.95. The lowest BCUT2D eigenvalue weighted by Crippen LogP contribution is -2.05. The van der Waals surface area contributed by atoms with Gasteiger partial charge in [-0.3, -0.25) is 4.68 Å². The molecule has 0 aliphatic carbocycles. The van der Waals surface area contributed by atoms with Gasteiger partial charge in [0.1, 0.15) is 18.7 Å². The van der Waals surface area contributed by atoms with E-state index in [9.17, 15) is 0 Å². The van der Waals surface area contributed by atoms with Crippen LogP contribution in [0, 0.1) is 0 Å². The molecule has 2 N–H and O–H groups in total. The van der Waals surface area contributed by atoms with Gasteiger partial charge in [-0.05, 0) is 30.2 Å². The van der Waals surface area contributed by atoms with Gasteiger partial charge in [-0.15, -0.1) is 6.58 Å². The predicted molar refractivity (Wildman–Crippen MR) is 70.1 cm³/mol. The van der Waals surface area contributed by atoms with Crippen molar-refractivity contribution < 1.29 is 4.74 Å². The minimum absolute atomic E-state index is 0.380. The van der Waals surface area contributed by atoms with Crippen LogP contribution in [0.15, 0.2) is 37.2 Å². The molecule has 0 amide bonds. The van der Waals surface area contributed by atoms with Crippen LogP contribution in [0.25, 0.3) is 0 Å². The molecule has 2 rings (SSSR count). The Hall–Kier alpha value is -2.30. The normalized spacial score (nSPS) is 10.3. The number of ether oxygens (including phenoxy) is 1. The fraction of sp³-hybridized carbons (Fsp3) is 0.231. The molecule has 1 heterocycles. The average molecular weight is 244 g/mol.